The minimum atomic E-state index is -0.584. The molecule has 0 aromatic heterocycles. The molecule has 6 heteroatoms. The lowest BCUT2D eigenvalue weighted by molar-refractivity contribution is -0.137. The summed E-state index contributed by atoms with van der Waals surface area (Å²) < 4.78 is 0. The number of likely N-dealkylation sites (N-methyl/N-ethyl adjacent to an activating group) is 1. The molecule has 1 fully saturated rings. The maximum atomic E-state index is 12.7. The molecule has 0 aliphatic carbocycles. The number of hydrogen-bond acceptors (Lipinski definition) is 3. The highest BCUT2D eigenvalue weighted by atomic mass is 16.2. The van der Waals surface area contributed by atoms with Crippen molar-refractivity contribution in [2.45, 2.75) is 52.1 Å². The number of nitrogens with zero attached hydrogens (tertiary/aromatic N) is 3. The number of rotatable bonds is 5. The van der Waals surface area contributed by atoms with E-state index in [1.54, 1.807) is 11.8 Å². The minimum Gasteiger partial charge on any atom is -0.351 e. The molecule has 6 nitrogen and oxygen atoms in total. The molecule has 1 aliphatic rings. The zero-order chi connectivity index (χ0) is 15.3. The molecule has 112 valence electrons. The number of nitriles is 1. The molecule has 2 N–H and O–H groups in total. The summed E-state index contributed by atoms with van der Waals surface area (Å²) >= 11 is 0. The first kappa shape index (κ1) is 16.3. The van der Waals surface area contributed by atoms with Crippen LogP contribution >= 0.6 is 0 Å². The second kappa shape index (κ2) is 7.13. The van der Waals surface area contributed by atoms with Crippen LogP contribution in [0.15, 0.2) is 0 Å². The summed E-state index contributed by atoms with van der Waals surface area (Å²) in [6.07, 6.45) is 2.31. The number of nitrogens with two attached hydrogens (primary N) is 1. The van der Waals surface area contributed by atoms with E-state index in [2.05, 4.69) is 6.07 Å². The Bertz CT molecular complexity index is 404. The van der Waals surface area contributed by atoms with Gasteiger partial charge in [0.2, 0.25) is 5.91 Å². The van der Waals surface area contributed by atoms with Crippen molar-refractivity contribution >= 4 is 11.9 Å². The van der Waals surface area contributed by atoms with E-state index in [0.29, 0.717) is 19.5 Å². The van der Waals surface area contributed by atoms with Crippen LogP contribution in [0.2, 0.25) is 0 Å². The van der Waals surface area contributed by atoms with Gasteiger partial charge in [-0.3, -0.25) is 4.79 Å². The van der Waals surface area contributed by atoms with Gasteiger partial charge in [0.1, 0.15) is 12.1 Å². The molecule has 1 aliphatic heterocycles. The monoisotopic (exact) mass is 280 g/mol. The van der Waals surface area contributed by atoms with Crippen molar-refractivity contribution in [2.24, 2.45) is 11.7 Å². The highest BCUT2D eigenvalue weighted by Crippen LogP contribution is 2.23. The van der Waals surface area contributed by atoms with E-state index in [1.807, 2.05) is 13.8 Å². The molecule has 0 saturated carbocycles. The van der Waals surface area contributed by atoms with Gasteiger partial charge in [0.15, 0.2) is 0 Å². The third-order valence-electron chi connectivity index (χ3n) is 4.08. The maximum absolute atomic E-state index is 12.7. The van der Waals surface area contributed by atoms with Crippen molar-refractivity contribution in [3.05, 3.63) is 0 Å². The molecule has 20 heavy (non-hydrogen) atoms. The molecule has 3 amide bonds. The fraction of sp³-hybridized carbons (Fsp3) is 0.786. The van der Waals surface area contributed by atoms with Gasteiger partial charge in [-0.05, 0) is 25.7 Å². The Kier molecular flexibility index (Phi) is 5.81. The van der Waals surface area contributed by atoms with Crippen molar-refractivity contribution in [2.75, 3.05) is 13.1 Å². The summed E-state index contributed by atoms with van der Waals surface area (Å²) in [6.45, 7) is 6.69. The molecular weight excluding hydrogens is 256 g/mol. The fourth-order valence-electron chi connectivity index (χ4n) is 2.73. The van der Waals surface area contributed by atoms with Crippen LogP contribution in [0.1, 0.15) is 40.0 Å². The highest BCUT2D eigenvalue weighted by Gasteiger charge is 2.39. The lowest BCUT2D eigenvalue weighted by atomic mass is 9.96. The van der Waals surface area contributed by atoms with E-state index in [4.69, 9.17) is 11.0 Å². The Morgan fingerprint density at radius 1 is 1.50 bits per heavy atom. The lowest BCUT2D eigenvalue weighted by Crippen LogP contribution is -2.56. The van der Waals surface area contributed by atoms with Gasteiger partial charge in [-0.1, -0.05) is 20.3 Å². The van der Waals surface area contributed by atoms with Crippen molar-refractivity contribution < 1.29 is 9.59 Å². The van der Waals surface area contributed by atoms with E-state index in [1.165, 1.54) is 4.90 Å². The number of carbonyl (C=O) groups excluding carboxylic acids is 2. The standard InChI is InChI=1S/C14H24N4O2/c1-4-10(3)12(17(5-2)14(16)20)13(19)18-8-6-7-11(18)9-15/h10-12H,4-8H2,1-3H3,(H2,16,20)/t10?,11-,12-/m0/s1. The van der Waals surface area contributed by atoms with Crippen LogP contribution in [0.4, 0.5) is 4.79 Å². The molecule has 0 spiro atoms. The molecule has 1 saturated heterocycles. The maximum Gasteiger partial charge on any atom is 0.315 e. The third-order valence-corrected chi connectivity index (χ3v) is 4.08. The van der Waals surface area contributed by atoms with Gasteiger partial charge in [0, 0.05) is 13.1 Å². The Labute approximate surface area is 120 Å². The van der Waals surface area contributed by atoms with Crippen molar-refractivity contribution in [3.8, 4) is 6.07 Å². The Morgan fingerprint density at radius 3 is 2.60 bits per heavy atom. The SMILES string of the molecule is CCC(C)[C@@H](C(=O)N1CCC[C@H]1C#N)N(CC)C(N)=O. The molecule has 0 aromatic rings. The average Bonchev–Trinajstić information content (AvgIpc) is 2.91. The first-order chi connectivity index (χ1) is 9.47. The number of urea groups is 1. The molecule has 1 heterocycles. The first-order valence-corrected chi connectivity index (χ1v) is 7.24. The van der Waals surface area contributed by atoms with E-state index in [0.717, 1.165) is 12.8 Å². The predicted molar refractivity (Wildman–Crippen MR) is 75.6 cm³/mol. The zero-order valence-corrected chi connectivity index (χ0v) is 12.5. The minimum absolute atomic E-state index is 0.00916. The predicted octanol–water partition coefficient (Wildman–Crippen LogP) is 1.32. The van der Waals surface area contributed by atoms with Crippen LogP contribution in [0.25, 0.3) is 0 Å². The topological polar surface area (TPSA) is 90.4 Å². The molecule has 1 unspecified atom stereocenters. The van der Waals surface area contributed by atoms with Gasteiger partial charge in [-0.15, -0.1) is 0 Å². The summed E-state index contributed by atoms with van der Waals surface area (Å²) in [4.78, 5) is 27.3. The molecule has 3 atom stereocenters. The first-order valence-electron chi connectivity index (χ1n) is 7.24. The van der Waals surface area contributed by atoms with Gasteiger partial charge < -0.3 is 15.5 Å². The zero-order valence-electron chi connectivity index (χ0n) is 12.5. The second-order valence-electron chi connectivity index (χ2n) is 5.27. The van der Waals surface area contributed by atoms with Crippen molar-refractivity contribution in [1.29, 1.82) is 5.26 Å². The molecule has 0 bridgehead atoms. The number of hydrogen-bond donors (Lipinski definition) is 1. The Balaban J connectivity index is 3.01. The van der Waals surface area contributed by atoms with E-state index >= 15 is 0 Å². The quantitative estimate of drug-likeness (QED) is 0.823. The van der Waals surface area contributed by atoms with E-state index < -0.39 is 12.1 Å². The number of amides is 3. The van der Waals surface area contributed by atoms with Crippen molar-refractivity contribution in [3.63, 3.8) is 0 Å². The van der Waals surface area contributed by atoms with Crippen molar-refractivity contribution in [1.82, 2.24) is 9.80 Å². The van der Waals surface area contributed by atoms with Gasteiger partial charge >= 0.3 is 6.03 Å². The van der Waals surface area contributed by atoms with Crippen LogP contribution in [0, 0.1) is 17.2 Å². The number of likely N-dealkylation sites (tertiary alicyclic amines) is 1. The second-order valence-corrected chi connectivity index (χ2v) is 5.27. The van der Waals surface area contributed by atoms with Gasteiger partial charge in [0.25, 0.3) is 0 Å². The van der Waals surface area contributed by atoms with Gasteiger partial charge in [0.05, 0.1) is 6.07 Å². The van der Waals surface area contributed by atoms with Gasteiger partial charge in [-0.2, -0.15) is 5.26 Å². The van der Waals surface area contributed by atoms with Crippen LogP contribution in [-0.4, -0.2) is 46.9 Å². The molecule has 1 rings (SSSR count). The summed E-state index contributed by atoms with van der Waals surface area (Å²) in [5, 5.41) is 9.12. The number of primary amides is 1. The van der Waals surface area contributed by atoms with Crippen LogP contribution in [0.5, 0.6) is 0 Å². The third kappa shape index (κ3) is 3.21. The van der Waals surface area contributed by atoms with E-state index in [-0.39, 0.29) is 17.9 Å². The molecule has 0 aromatic carbocycles. The normalized spacial score (nSPS) is 21.1. The highest BCUT2D eigenvalue weighted by molar-refractivity contribution is 5.87. The van der Waals surface area contributed by atoms with Crippen LogP contribution in [0.3, 0.4) is 0 Å². The Hall–Kier alpha value is -1.77. The summed E-state index contributed by atoms with van der Waals surface area (Å²) in [5.74, 6) is -0.140. The molecule has 0 radical (unpaired) electrons. The Morgan fingerprint density at radius 2 is 2.15 bits per heavy atom. The summed E-state index contributed by atoms with van der Waals surface area (Å²) in [5.41, 5.74) is 5.40. The average molecular weight is 280 g/mol. The summed E-state index contributed by atoms with van der Waals surface area (Å²) in [6, 6.07) is 0.632. The van der Waals surface area contributed by atoms with Crippen LogP contribution < -0.4 is 5.73 Å². The van der Waals surface area contributed by atoms with Gasteiger partial charge in [-0.25, -0.2) is 4.79 Å². The molecular formula is C14H24N4O2. The van der Waals surface area contributed by atoms with E-state index in [9.17, 15) is 9.59 Å². The largest absolute Gasteiger partial charge is 0.351 e. The fourth-order valence-corrected chi connectivity index (χ4v) is 2.73. The number of carbonyl (C=O) groups is 2. The van der Waals surface area contributed by atoms with Crippen LogP contribution in [-0.2, 0) is 4.79 Å². The summed E-state index contributed by atoms with van der Waals surface area (Å²) in [7, 11) is 0. The smallest absolute Gasteiger partial charge is 0.315 e. The lowest BCUT2D eigenvalue weighted by Gasteiger charge is -2.35.